The number of likely N-dealkylation sites (tertiary alicyclic amines) is 1. The highest BCUT2D eigenvalue weighted by molar-refractivity contribution is 8.02. The van der Waals surface area contributed by atoms with Crippen molar-refractivity contribution in [3.8, 4) is 0 Å². The fourth-order valence-electron chi connectivity index (χ4n) is 5.56. The van der Waals surface area contributed by atoms with Crippen molar-refractivity contribution < 1.29 is 24.6 Å². The molecule has 3 fully saturated rings. The Labute approximate surface area is 186 Å². The lowest BCUT2D eigenvalue weighted by Gasteiger charge is -2.37. The van der Waals surface area contributed by atoms with Gasteiger partial charge in [-0.3, -0.25) is 14.4 Å². The van der Waals surface area contributed by atoms with Crippen molar-refractivity contribution in [3.05, 3.63) is 48.6 Å². The van der Waals surface area contributed by atoms with Crippen molar-refractivity contribution in [2.24, 2.45) is 11.8 Å². The molecule has 2 amide bonds. The van der Waals surface area contributed by atoms with Crippen LogP contribution in [0, 0.1) is 11.8 Å². The normalized spacial score (nSPS) is 31.0. The molecule has 1 aromatic carbocycles. The van der Waals surface area contributed by atoms with Gasteiger partial charge in [0, 0.05) is 31.5 Å². The number of rotatable bonds is 9. The summed E-state index contributed by atoms with van der Waals surface area (Å²) in [5.41, 5.74) is 0.977. The maximum Gasteiger partial charge on any atom is 0.308 e. The Morgan fingerprint density at radius 3 is 2.71 bits per heavy atom. The van der Waals surface area contributed by atoms with E-state index in [1.807, 2.05) is 30.3 Å². The number of thioether (sulfide) groups is 1. The first-order chi connectivity index (χ1) is 14.9. The average molecular weight is 445 g/mol. The van der Waals surface area contributed by atoms with Gasteiger partial charge in [0.05, 0.1) is 16.6 Å². The third-order valence-electron chi connectivity index (χ3n) is 6.75. The molecule has 3 saturated heterocycles. The van der Waals surface area contributed by atoms with E-state index < -0.39 is 28.6 Å². The van der Waals surface area contributed by atoms with Crippen molar-refractivity contribution in [1.82, 2.24) is 9.80 Å². The van der Waals surface area contributed by atoms with Gasteiger partial charge in [-0.25, -0.2) is 0 Å². The molecule has 7 nitrogen and oxygen atoms in total. The van der Waals surface area contributed by atoms with E-state index >= 15 is 0 Å². The number of nitrogens with zero attached hydrogens (tertiary/aromatic N) is 2. The predicted octanol–water partition coefficient (Wildman–Crippen LogP) is 1.76. The summed E-state index contributed by atoms with van der Waals surface area (Å²) >= 11 is 1.53. The lowest BCUT2D eigenvalue weighted by molar-refractivity contribution is -0.148. The van der Waals surface area contributed by atoms with Gasteiger partial charge >= 0.3 is 5.97 Å². The number of carbonyl (C=O) groups is 3. The number of carboxylic acid groups (broad SMARTS) is 1. The number of aliphatic hydroxyl groups is 1. The molecular weight excluding hydrogens is 416 g/mol. The zero-order valence-electron chi connectivity index (χ0n) is 17.4. The van der Waals surface area contributed by atoms with Gasteiger partial charge in [-0.05, 0) is 24.8 Å². The summed E-state index contributed by atoms with van der Waals surface area (Å²) in [7, 11) is 0. The Morgan fingerprint density at radius 1 is 1.32 bits per heavy atom. The molecule has 0 aliphatic carbocycles. The van der Waals surface area contributed by atoms with Crippen LogP contribution >= 0.6 is 11.8 Å². The molecule has 0 radical (unpaired) electrons. The van der Waals surface area contributed by atoms with Gasteiger partial charge in [-0.1, -0.05) is 36.4 Å². The van der Waals surface area contributed by atoms with E-state index in [1.54, 1.807) is 15.9 Å². The molecule has 8 heteroatoms. The zero-order valence-corrected chi connectivity index (χ0v) is 18.2. The lowest BCUT2D eigenvalue weighted by Crippen LogP contribution is -2.54. The monoisotopic (exact) mass is 444 g/mol. The number of carbonyl (C=O) groups excluding carboxylic acids is 2. The van der Waals surface area contributed by atoms with Gasteiger partial charge in [0.2, 0.25) is 11.8 Å². The van der Waals surface area contributed by atoms with E-state index in [-0.39, 0.29) is 30.2 Å². The first kappa shape index (κ1) is 21.9. The van der Waals surface area contributed by atoms with Crippen LogP contribution in [0.4, 0.5) is 0 Å². The first-order valence-electron chi connectivity index (χ1n) is 10.7. The minimum atomic E-state index is -0.958. The van der Waals surface area contributed by atoms with Crippen LogP contribution in [0.25, 0.3) is 0 Å². The number of aliphatic hydroxyl groups excluding tert-OH is 1. The molecule has 1 aromatic rings. The Balaban J connectivity index is 1.70. The second-order valence-corrected chi connectivity index (χ2v) is 10.1. The lowest BCUT2D eigenvalue weighted by atomic mass is 9.71. The molecule has 1 spiro atoms. The minimum Gasteiger partial charge on any atom is -0.481 e. The molecule has 0 saturated carbocycles. The van der Waals surface area contributed by atoms with E-state index in [0.29, 0.717) is 32.4 Å². The van der Waals surface area contributed by atoms with Crippen molar-refractivity contribution >= 4 is 29.5 Å². The van der Waals surface area contributed by atoms with Crippen LogP contribution in [0.1, 0.15) is 24.8 Å². The quantitative estimate of drug-likeness (QED) is 0.564. The largest absolute Gasteiger partial charge is 0.481 e. The second kappa shape index (κ2) is 8.67. The van der Waals surface area contributed by atoms with Crippen molar-refractivity contribution in [2.45, 2.75) is 41.8 Å². The summed E-state index contributed by atoms with van der Waals surface area (Å²) < 4.78 is -0.715. The van der Waals surface area contributed by atoms with Crippen molar-refractivity contribution in [3.63, 3.8) is 0 Å². The van der Waals surface area contributed by atoms with E-state index in [2.05, 4.69) is 6.58 Å². The molecule has 3 aliphatic heterocycles. The van der Waals surface area contributed by atoms with Gasteiger partial charge in [0.25, 0.3) is 0 Å². The molecule has 2 unspecified atom stereocenters. The molecule has 166 valence electrons. The van der Waals surface area contributed by atoms with Gasteiger partial charge in [-0.2, -0.15) is 0 Å². The predicted molar refractivity (Wildman–Crippen MR) is 117 cm³/mol. The molecule has 3 heterocycles. The third kappa shape index (κ3) is 3.55. The molecule has 4 rings (SSSR count). The summed E-state index contributed by atoms with van der Waals surface area (Å²) in [6, 6.07) is 8.92. The topological polar surface area (TPSA) is 98.2 Å². The van der Waals surface area contributed by atoms with E-state index in [9.17, 15) is 24.6 Å². The molecular formula is C23H28N2O5S. The zero-order chi connectivity index (χ0) is 22.2. The Bertz CT molecular complexity index is 878. The SMILES string of the molecule is C=CCN(Cc1ccccc1)C(=O)C1N(CCCO)C(=O)[C@@H]2[C@H](C(=O)O)[C@@H]3CCC12S3. The Hall–Kier alpha value is -2.32. The summed E-state index contributed by atoms with van der Waals surface area (Å²) in [6.45, 7) is 4.67. The molecule has 2 bridgehead atoms. The van der Waals surface area contributed by atoms with Crippen LogP contribution in [0.5, 0.6) is 0 Å². The summed E-state index contributed by atoms with van der Waals surface area (Å²) in [6.07, 6.45) is 3.37. The Kier molecular flexibility index (Phi) is 6.12. The molecule has 31 heavy (non-hydrogen) atoms. The number of hydrogen-bond donors (Lipinski definition) is 2. The first-order valence-corrected chi connectivity index (χ1v) is 11.6. The Morgan fingerprint density at radius 2 is 2.06 bits per heavy atom. The van der Waals surface area contributed by atoms with Gasteiger partial charge in [0.15, 0.2) is 0 Å². The number of carboxylic acids is 1. The number of hydrogen-bond acceptors (Lipinski definition) is 5. The standard InChI is InChI=1S/C23H28N2O5S/c1-2-11-24(14-15-7-4-3-5-8-15)21(28)19-23-10-9-16(31-23)17(22(29)30)18(23)20(27)25(19)12-6-13-26/h2-5,7-8,16-19,26H,1,6,9-14H2,(H,29,30)/t16-,17+,18-,19?,23?/m0/s1. The van der Waals surface area contributed by atoms with Crippen molar-refractivity contribution in [1.29, 1.82) is 0 Å². The fraction of sp³-hybridized carbons (Fsp3) is 0.522. The third-order valence-corrected chi connectivity index (χ3v) is 8.71. The molecule has 3 aliphatic rings. The highest BCUT2D eigenvalue weighted by atomic mass is 32.2. The van der Waals surface area contributed by atoms with Crippen LogP contribution in [0.15, 0.2) is 43.0 Å². The van der Waals surface area contributed by atoms with E-state index in [1.165, 1.54) is 11.8 Å². The maximum atomic E-state index is 13.9. The smallest absolute Gasteiger partial charge is 0.308 e. The van der Waals surface area contributed by atoms with E-state index in [4.69, 9.17) is 0 Å². The molecule has 2 N–H and O–H groups in total. The minimum absolute atomic E-state index is 0.0964. The number of fused-ring (bicyclic) bond motifs is 1. The van der Waals surface area contributed by atoms with Crippen LogP contribution in [-0.4, -0.2) is 73.5 Å². The maximum absolute atomic E-state index is 13.9. The van der Waals surface area contributed by atoms with Crippen LogP contribution in [-0.2, 0) is 20.9 Å². The number of amides is 2. The van der Waals surface area contributed by atoms with Crippen molar-refractivity contribution in [2.75, 3.05) is 19.7 Å². The van der Waals surface area contributed by atoms with Crippen LogP contribution in [0.3, 0.4) is 0 Å². The van der Waals surface area contributed by atoms with Gasteiger partial charge < -0.3 is 20.0 Å². The summed E-state index contributed by atoms with van der Waals surface area (Å²) in [5, 5.41) is 19.1. The fourth-order valence-corrected chi connectivity index (χ4v) is 7.77. The summed E-state index contributed by atoms with van der Waals surface area (Å²) in [4.78, 5) is 42.6. The van der Waals surface area contributed by atoms with E-state index in [0.717, 1.165) is 5.56 Å². The summed E-state index contributed by atoms with van der Waals surface area (Å²) in [5.74, 6) is -2.84. The number of benzene rings is 1. The molecule has 0 aromatic heterocycles. The molecule has 5 atom stereocenters. The van der Waals surface area contributed by atoms with Crippen LogP contribution < -0.4 is 0 Å². The van der Waals surface area contributed by atoms with Gasteiger partial charge in [-0.15, -0.1) is 18.3 Å². The van der Waals surface area contributed by atoms with Crippen LogP contribution in [0.2, 0.25) is 0 Å². The average Bonchev–Trinajstić information content (AvgIpc) is 3.39. The highest BCUT2D eigenvalue weighted by Crippen LogP contribution is 2.66. The second-order valence-electron chi connectivity index (χ2n) is 8.50. The highest BCUT2D eigenvalue weighted by Gasteiger charge is 2.73. The number of aliphatic carboxylic acids is 1. The van der Waals surface area contributed by atoms with Gasteiger partial charge in [0.1, 0.15) is 6.04 Å².